The molecule has 0 aliphatic carbocycles. The van der Waals surface area contributed by atoms with E-state index in [0.717, 1.165) is 0 Å². The van der Waals surface area contributed by atoms with Gasteiger partial charge in [0.25, 0.3) is 0 Å². The maximum atomic E-state index is 10.1. The summed E-state index contributed by atoms with van der Waals surface area (Å²) in [6, 6.07) is 0. The van der Waals surface area contributed by atoms with Crippen LogP contribution < -0.4 is 0 Å². The summed E-state index contributed by atoms with van der Waals surface area (Å²) in [4.78, 5) is 44.8. The molecule has 0 rings (SSSR count). The van der Waals surface area contributed by atoms with Crippen LogP contribution >= 0.6 is 7.82 Å². The maximum absolute atomic E-state index is 10.1. The fraction of sp³-hybridized carbons (Fsp3) is 0.500. The van der Waals surface area contributed by atoms with E-state index in [1.807, 2.05) is 0 Å². The third-order valence-electron chi connectivity index (χ3n) is 0.736. The number of rotatable bonds is 5. The molecule has 9 heteroatoms. The van der Waals surface area contributed by atoms with E-state index in [4.69, 9.17) is 19.7 Å². The van der Waals surface area contributed by atoms with Crippen LogP contribution in [0.25, 0.3) is 0 Å². The van der Waals surface area contributed by atoms with Crippen LogP contribution in [-0.2, 0) is 23.5 Å². The maximum Gasteiger partial charge on any atom is 0.470 e. The first-order valence-electron chi connectivity index (χ1n) is 3.51. The zero-order valence-corrected chi connectivity index (χ0v) is 8.72. The van der Waals surface area contributed by atoms with Crippen LogP contribution in [0.15, 0.2) is 0 Å². The molecule has 0 heterocycles. The van der Waals surface area contributed by atoms with E-state index in [1.54, 1.807) is 0 Å². The van der Waals surface area contributed by atoms with E-state index in [1.165, 1.54) is 6.92 Å². The molecule has 0 unspecified atom stereocenters. The molecule has 0 atom stereocenters. The number of aliphatic hydroxyl groups excluding tert-OH is 1. The van der Waals surface area contributed by atoms with Gasteiger partial charge in [-0.3, -0.25) is 18.9 Å². The average Bonchev–Trinajstić information content (AvgIpc) is 2.14. The fourth-order valence-corrected chi connectivity index (χ4v) is 0.514. The van der Waals surface area contributed by atoms with Crippen LogP contribution in [0.2, 0.25) is 0 Å². The van der Waals surface area contributed by atoms with Crippen LogP contribution in [0.4, 0.5) is 0 Å². The van der Waals surface area contributed by atoms with Gasteiger partial charge in [-0.25, -0.2) is 4.57 Å². The van der Waals surface area contributed by atoms with Gasteiger partial charge in [0.05, 0.1) is 0 Å². The second-order valence-electron chi connectivity index (χ2n) is 2.19. The number of phosphoric acid groups is 1. The SMILES string of the molecule is CC(=O)C=O.O=C(CO)COP(=O)(O)O. The highest BCUT2D eigenvalue weighted by atomic mass is 31.2. The first kappa shape index (κ1) is 16.5. The molecule has 0 amide bonds. The number of ketones is 2. The minimum absolute atomic E-state index is 0.278. The Labute approximate surface area is 85.1 Å². The molecule has 0 aliphatic rings. The Hall–Kier alpha value is -0.920. The molecule has 0 saturated carbocycles. The van der Waals surface area contributed by atoms with Crippen LogP contribution in [0, 0.1) is 0 Å². The summed E-state index contributed by atoms with van der Waals surface area (Å²) in [6.45, 7) is -0.326. The summed E-state index contributed by atoms with van der Waals surface area (Å²) in [5, 5.41) is 8.05. The Balaban J connectivity index is 0. The molecular weight excluding hydrogens is 231 g/mol. The first-order valence-corrected chi connectivity index (χ1v) is 5.04. The van der Waals surface area contributed by atoms with Gasteiger partial charge in [0.2, 0.25) is 0 Å². The molecule has 15 heavy (non-hydrogen) atoms. The van der Waals surface area contributed by atoms with Gasteiger partial charge < -0.3 is 14.9 Å². The Morgan fingerprint density at radius 2 is 1.80 bits per heavy atom. The summed E-state index contributed by atoms with van der Waals surface area (Å²) >= 11 is 0. The number of phosphoric ester groups is 1. The van der Waals surface area contributed by atoms with Crippen molar-refractivity contribution in [3.8, 4) is 0 Å². The molecule has 0 spiro atoms. The second-order valence-corrected chi connectivity index (χ2v) is 3.43. The van der Waals surface area contributed by atoms with Crippen LogP contribution in [-0.4, -0.2) is 46.0 Å². The molecule has 88 valence electrons. The van der Waals surface area contributed by atoms with E-state index in [2.05, 4.69) is 4.52 Å². The van der Waals surface area contributed by atoms with Crippen molar-refractivity contribution in [3.05, 3.63) is 0 Å². The van der Waals surface area contributed by atoms with Gasteiger partial charge >= 0.3 is 7.82 Å². The predicted molar refractivity (Wildman–Crippen MR) is 46.8 cm³/mol. The molecule has 0 fully saturated rings. The van der Waals surface area contributed by atoms with E-state index < -0.39 is 32.6 Å². The topological polar surface area (TPSA) is 138 Å². The van der Waals surface area contributed by atoms with Crippen molar-refractivity contribution in [3.63, 3.8) is 0 Å². The van der Waals surface area contributed by atoms with Gasteiger partial charge in [-0.15, -0.1) is 0 Å². The monoisotopic (exact) mass is 242 g/mol. The average molecular weight is 242 g/mol. The molecule has 0 aromatic rings. The lowest BCUT2D eigenvalue weighted by atomic mass is 10.5. The molecule has 0 radical (unpaired) electrons. The Morgan fingerprint density at radius 1 is 1.40 bits per heavy atom. The highest BCUT2D eigenvalue weighted by Crippen LogP contribution is 2.35. The highest BCUT2D eigenvalue weighted by molar-refractivity contribution is 7.46. The number of carbonyl (C=O) groups excluding carboxylic acids is 3. The number of Topliss-reactive ketones (excluding diaryl/α,β-unsaturated/α-hetero) is 2. The van der Waals surface area contributed by atoms with Crippen molar-refractivity contribution in [1.82, 2.24) is 0 Å². The Bertz CT molecular complexity index is 266. The summed E-state index contributed by atoms with van der Waals surface area (Å²) in [5.41, 5.74) is 0. The van der Waals surface area contributed by atoms with Crippen molar-refractivity contribution in [1.29, 1.82) is 0 Å². The highest BCUT2D eigenvalue weighted by Gasteiger charge is 2.15. The van der Waals surface area contributed by atoms with Crippen molar-refractivity contribution in [2.45, 2.75) is 6.92 Å². The zero-order chi connectivity index (χ0) is 12.5. The minimum Gasteiger partial charge on any atom is -0.388 e. The van der Waals surface area contributed by atoms with Gasteiger partial charge in [-0.1, -0.05) is 0 Å². The van der Waals surface area contributed by atoms with Crippen LogP contribution in [0.3, 0.4) is 0 Å². The second kappa shape index (κ2) is 8.39. The largest absolute Gasteiger partial charge is 0.470 e. The van der Waals surface area contributed by atoms with Gasteiger partial charge in [0, 0.05) is 6.92 Å². The molecule has 3 N–H and O–H groups in total. The minimum atomic E-state index is -4.56. The Morgan fingerprint density at radius 3 is 2.00 bits per heavy atom. The third-order valence-corrected chi connectivity index (χ3v) is 1.20. The van der Waals surface area contributed by atoms with Crippen molar-refractivity contribution in [2.24, 2.45) is 0 Å². The van der Waals surface area contributed by atoms with Gasteiger partial charge in [-0.05, 0) is 0 Å². The van der Waals surface area contributed by atoms with E-state index >= 15 is 0 Å². The Kier molecular flexibility index (Phi) is 9.24. The van der Waals surface area contributed by atoms with Crippen molar-refractivity contribution >= 4 is 25.7 Å². The van der Waals surface area contributed by atoms with Gasteiger partial charge in [0.15, 0.2) is 17.9 Å². The molecule has 0 aromatic carbocycles. The van der Waals surface area contributed by atoms with E-state index in [-0.39, 0.29) is 6.29 Å². The van der Waals surface area contributed by atoms with Gasteiger partial charge in [-0.2, -0.15) is 0 Å². The number of carbonyl (C=O) groups is 3. The van der Waals surface area contributed by atoms with Crippen molar-refractivity contribution < 1.29 is 38.4 Å². The number of aliphatic hydroxyl groups is 1. The molecule has 0 aromatic heterocycles. The van der Waals surface area contributed by atoms with Crippen LogP contribution in [0.1, 0.15) is 6.92 Å². The molecule has 0 aliphatic heterocycles. The van der Waals surface area contributed by atoms with Crippen molar-refractivity contribution in [2.75, 3.05) is 13.2 Å². The fourth-order valence-electron chi connectivity index (χ4n) is 0.202. The smallest absolute Gasteiger partial charge is 0.388 e. The number of aldehydes is 1. The lowest BCUT2D eigenvalue weighted by Crippen LogP contribution is -2.11. The summed E-state index contributed by atoms with van der Waals surface area (Å²) in [5.74, 6) is -1.20. The van der Waals surface area contributed by atoms with E-state index in [0.29, 0.717) is 0 Å². The first-order chi connectivity index (χ1) is 6.72. The normalized spacial score (nSPS) is 9.87. The molecule has 0 saturated heterocycles. The quantitative estimate of drug-likeness (QED) is 0.298. The zero-order valence-electron chi connectivity index (χ0n) is 7.82. The molecule has 8 nitrogen and oxygen atoms in total. The summed E-state index contributed by atoms with van der Waals surface area (Å²) in [7, 11) is -4.56. The molecule has 0 bridgehead atoms. The summed E-state index contributed by atoms with van der Waals surface area (Å²) < 4.78 is 13.6. The predicted octanol–water partition coefficient (Wildman–Crippen LogP) is -1.57. The number of hydrogen-bond donors (Lipinski definition) is 3. The molecular formula is C6H11O8P. The summed E-state index contributed by atoms with van der Waals surface area (Å²) in [6.07, 6.45) is 0.278. The van der Waals surface area contributed by atoms with Gasteiger partial charge in [0.1, 0.15) is 13.2 Å². The van der Waals surface area contributed by atoms with E-state index in [9.17, 15) is 14.2 Å². The number of hydrogen-bond acceptors (Lipinski definition) is 6. The lowest BCUT2D eigenvalue weighted by Gasteiger charge is -2.01. The third kappa shape index (κ3) is 19.5. The van der Waals surface area contributed by atoms with Crippen LogP contribution in [0.5, 0.6) is 0 Å². The lowest BCUT2D eigenvalue weighted by molar-refractivity contribution is -0.128. The standard InChI is InChI=1S/C3H7O6P.C3H4O2/c4-1-3(5)2-9-10(6,7)8;1-3(5)2-4/h4H,1-2H2,(H2,6,7,8);2H,1H3.